The van der Waals surface area contributed by atoms with Gasteiger partial charge in [0.25, 0.3) is 0 Å². The molecule has 0 aliphatic rings. The van der Waals surface area contributed by atoms with Crippen LogP contribution < -0.4 is 0 Å². The van der Waals surface area contributed by atoms with Crippen molar-refractivity contribution in [2.45, 2.75) is 41.5 Å². The van der Waals surface area contributed by atoms with Crippen LogP contribution in [0.4, 0.5) is 11.4 Å². The van der Waals surface area contributed by atoms with E-state index in [-0.39, 0.29) is 0 Å². The Kier molecular flexibility index (Phi) is 9.85. The number of benzene rings is 2. The summed E-state index contributed by atoms with van der Waals surface area (Å²) < 4.78 is 0. The number of aryl methyl sites for hydroxylation is 4. The van der Waals surface area contributed by atoms with Crippen LogP contribution in [0.25, 0.3) is 0 Å². The Balaban J connectivity index is 0.000000970. The van der Waals surface area contributed by atoms with E-state index in [1.165, 1.54) is 33.2 Å². The van der Waals surface area contributed by atoms with Crippen molar-refractivity contribution < 1.29 is 10.9 Å². The third kappa shape index (κ3) is 7.56. The molecule has 0 heterocycles. The third-order valence-electron chi connectivity index (χ3n) is 3.77. The quantitative estimate of drug-likeness (QED) is 0.302. The first-order valence-corrected chi connectivity index (χ1v) is 12.7. The van der Waals surface area contributed by atoms with E-state index in [1.54, 1.807) is 0 Å². The van der Waals surface area contributed by atoms with Gasteiger partial charge in [-0.2, -0.15) is 0 Å². The van der Waals surface area contributed by atoms with E-state index in [0.29, 0.717) is 0 Å². The van der Waals surface area contributed by atoms with Gasteiger partial charge in [0.15, 0.2) is 0 Å². The Bertz CT molecular complexity index is 743. The van der Waals surface area contributed by atoms with Gasteiger partial charge in [-0.3, -0.25) is 9.98 Å². The predicted octanol–water partition coefficient (Wildman–Crippen LogP) is 7.49. The zero-order valence-electron chi connectivity index (χ0n) is 15.4. The molecule has 0 amide bonds. The molecule has 0 saturated heterocycles. The topological polar surface area (TPSA) is 24.7 Å². The van der Waals surface area contributed by atoms with E-state index in [9.17, 15) is 0 Å². The molecule has 25 heavy (non-hydrogen) atoms. The van der Waals surface area contributed by atoms with Crippen LogP contribution in [0.3, 0.4) is 0 Å². The van der Waals surface area contributed by atoms with Crippen molar-refractivity contribution in [1.82, 2.24) is 0 Å². The number of rotatable bonds is 3. The second-order valence-electron chi connectivity index (χ2n) is 6.02. The summed E-state index contributed by atoms with van der Waals surface area (Å²) in [6.45, 7) is 12.4. The van der Waals surface area contributed by atoms with Gasteiger partial charge in [0.2, 0.25) is 0 Å². The molecule has 0 bridgehead atoms. The summed E-state index contributed by atoms with van der Waals surface area (Å²) in [4.78, 5) is 9.46. The Morgan fingerprint density at radius 3 is 1.68 bits per heavy atom. The van der Waals surface area contributed by atoms with Gasteiger partial charge >= 0.3 is 39.3 Å². The molecule has 138 valence electrons. The zero-order chi connectivity index (χ0) is 19.0. The molecule has 0 saturated carbocycles. The Labute approximate surface area is 171 Å². The summed E-state index contributed by atoms with van der Waals surface area (Å²) in [7, 11) is 1.25. The molecule has 0 aliphatic heterocycles. The average Bonchev–Trinajstić information content (AvgIpc) is 2.53. The Morgan fingerprint density at radius 2 is 1.20 bits per heavy atom. The molecule has 2 rings (SSSR count). The summed E-state index contributed by atoms with van der Waals surface area (Å²) in [5.74, 6) is 0. The van der Waals surface area contributed by atoms with E-state index in [2.05, 4.69) is 85.4 Å². The van der Waals surface area contributed by atoms with Gasteiger partial charge < -0.3 is 0 Å². The minimum absolute atomic E-state index is 0.947. The van der Waals surface area contributed by atoms with E-state index in [0.717, 1.165) is 22.8 Å². The van der Waals surface area contributed by atoms with Crippen molar-refractivity contribution >= 4 is 51.2 Å². The van der Waals surface area contributed by atoms with Crippen molar-refractivity contribution in [1.29, 1.82) is 0 Å². The molecule has 0 atom stereocenters. The monoisotopic (exact) mass is 508 g/mol. The summed E-state index contributed by atoms with van der Waals surface area (Å²) >= 11 is 6.00. The van der Waals surface area contributed by atoms with Gasteiger partial charge in [0, 0.05) is 0 Å². The van der Waals surface area contributed by atoms with Gasteiger partial charge in [-0.05, 0) is 64.8 Å². The molecule has 0 N–H and O–H groups in total. The first-order valence-electron chi connectivity index (χ1n) is 7.86. The van der Waals surface area contributed by atoms with Crippen LogP contribution in [0.5, 0.6) is 0 Å². The average molecular weight is 511 g/mol. The second-order valence-corrected chi connectivity index (χ2v) is 11.0. The third-order valence-corrected chi connectivity index (χ3v) is 3.77. The SMILES string of the molecule is CC(=Nc1ccc(C)cc1)C(C)=Nc1c(C)cc(C)cc1C.[Br][Ni][Br]. The predicted molar refractivity (Wildman–Crippen MR) is 115 cm³/mol. The van der Waals surface area contributed by atoms with Crippen molar-refractivity contribution in [3.63, 3.8) is 0 Å². The van der Waals surface area contributed by atoms with Gasteiger partial charge in [-0.25, -0.2) is 0 Å². The number of hydrogen-bond donors (Lipinski definition) is 0. The normalized spacial score (nSPS) is 12.0. The van der Waals surface area contributed by atoms with Crippen LogP contribution in [0, 0.1) is 27.7 Å². The molecule has 0 aromatic heterocycles. The van der Waals surface area contributed by atoms with E-state index in [4.69, 9.17) is 4.99 Å². The Morgan fingerprint density at radius 1 is 0.760 bits per heavy atom. The molecular formula is C20H24Br2N2Ni. The van der Waals surface area contributed by atoms with Crippen molar-refractivity contribution in [3.8, 4) is 0 Å². The van der Waals surface area contributed by atoms with Gasteiger partial charge in [0.1, 0.15) is 0 Å². The fourth-order valence-corrected chi connectivity index (χ4v) is 2.49. The Hall–Kier alpha value is -0.766. The summed E-state index contributed by atoms with van der Waals surface area (Å²) in [6, 6.07) is 12.6. The molecule has 0 aliphatic carbocycles. The maximum absolute atomic E-state index is 4.80. The molecule has 2 nitrogen and oxygen atoms in total. The number of nitrogens with zero attached hydrogens (tertiary/aromatic N) is 2. The minimum atomic E-state index is 0.947. The standard InChI is InChI=1S/C20H24N2.2BrH.Ni/c1-13-7-9-19(10-8-13)21-17(5)18(6)22-20-15(3)11-14(2)12-16(20)4;;;/h7-12H,1-6H3;2*1H;/q;;;+2/p-2. The molecule has 2 aromatic rings. The number of hydrogen-bond acceptors (Lipinski definition) is 2. The van der Waals surface area contributed by atoms with Crippen molar-refractivity contribution in [2.24, 2.45) is 9.98 Å². The molecular weight excluding hydrogens is 487 g/mol. The van der Waals surface area contributed by atoms with Crippen LogP contribution in [0.2, 0.25) is 0 Å². The van der Waals surface area contributed by atoms with Gasteiger partial charge in [0.05, 0.1) is 22.8 Å². The first-order chi connectivity index (χ1) is 11.8. The fraction of sp³-hybridized carbons (Fsp3) is 0.300. The maximum atomic E-state index is 4.80. The van der Waals surface area contributed by atoms with Gasteiger partial charge in [-0.15, -0.1) is 0 Å². The van der Waals surface area contributed by atoms with E-state index >= 15 is 0 Å². The fourth-order valence-electron chi connectivity index (χ4n) is 2.49. The molecule has 5 heteroatoms. The summed E-state index contributed by atoms with van der Waals surface area (Å²) in [5.41, 5.74) is 8.86. The van der Waals surface area contributed by atoms with Crippen LogP contribution in [0.15, 0.2) is 46.4 Å². The summed E-state index contributed by atoms with van der Waals surface area (Å²) in [6.07, 6.45) is 0. The van der Waals surface area contributed by atoms with Crippen molar-refractivity contribution in [3.05, 3.63) is 58.7 Å². The zero-order valence-corrected chi connectivity index (χ0v) is 19.6. The van der Waals surface area contributed by atoms with Crippen LogP contribution >= 0.6 is 28.5 Å². The van der Waals surface area contributed by atoms with Crippen LogP contribution in [-0.2, 0) is 10.9 Å². The molecule has 0 unspecified atom stereocenters. The second kappa shape index (κ2) is 11.1. The van der Waals surface area contributed by atoms with Crippen LogP contribution in [0.1, 0.15) is 36.1 Å². The van der Waals surface area contributed by atoms with Crippen molar-refractivity contribution in [2.75, 3.05) is 0 Å². The molecule has 2 aromatic carbocycles. The number of halogens is 2. The molecule has 0 radical (unpaired) electrons. The summed E-state index contributed by atoms with van der Waals surface area (Å²) in [5, 5.41) is 0. The molecule has 0 fully saturated rings. The molecule has 0 spiro atoms. The van der Waals surface area contributed by atoms with Crippen LogP contribution in [-0.4, -0.2) is 11.4 Å². The van der Waals surface area contributed by atoms with Gasteiger partial charge in [-0.1, -0.05) is 35.4 Å². The van der Waals surface area contributed by atoms with E-state index in [1.807, 2.05) is 26.0 Å². The van der Waals surface area contributed by atoms with E-state index < -0.39 is 0 Å². The first kappa shape index (κ1) is 22.3. The number of aliphatic imine (C=N–C) groups is 2.